The highest BCUT2D eigenvalue weighted by Crippen LogP contribution is 2.21. The molecule has 0 unspecified atom stereocenters. The molecule has 2 rings (SSSR count). The SMILES string of the molecule is Cc1ccc(O)c(C(=O)O[C@H](C)C(=O)N(C)[C@H]2CCS(=O)(=O)C2)c1. The molecule has 1 heterocycles. The topological polar surface area (TPSA) is 101 Å². The molecule has 132 valence electrons. The van der Waals surface area contributed by atoms with Gasteiger partial charge in [-0.2, -0.15) is 0 Å². The van der Waals surface area contributed by atoms with E-state index in [9.17, 15) is 23.1 Å². The van der Waals surface area contributed by atoms with Crippen molar-refractivity contribution in [3.63, 3.8) is 0 Å². The number of sulfone groups is 1. The predicted octanol–water partition coefficient (Wildman–Crippen LogP) is 0.891. The summed E-state index contributed by atoms with van der Waals surface area (Å²) < 4.78 is 28.2. The second-order valence-corrected chi connectivity index (χ2v) is 8.30. The fourth-order valence-corrected chi connectivity index (χ4v) is 4.41. The first-order valence-corrected chi connectivity index (χ1v) is 9.40. The Morgan fingerprint density at radius 2 is 2.04 bits per heavy atom. The van der Waals surface area contributed by atoms with E-state index in [0.717, 1.165) is 5.56 Å². The molecule has 0 spiro atoms. The van der Waals surface area contributed by atoms with Gasteiger partial charge in [0.05, 0.1) is 11.5 Å². The van der Waals surface area contributed by atoms with Crippen LogP contribution in [0.15, 0.2) is 18.2 Å². The summed E-state index contributed by atoms with van der Waals surface area (Å²) in [6, 6.07) is 4.10. The molecule has 2 atom stereocenters. The number of benzene rings is 1. The van der Waals surface area contributed by atoms with E-state index in [1.165, 1.54) is 31.0 Å². The van der Waals surface area contributed by atoms with Crippen molar-refractivity contribution in [1.82, 2.24) is 4.90 Å². The monoisotopic (exact) mass is 355 g/mol. The molecular weight excluding hydrogens is 334 g/mol. The van der Waals surface area contributed by atoms with E-state index in [-0.39, 0.29) is 22.8 Å². The highest BCUT2D eigenvalue weighted by Gasteiger charge is 2.35. The molecule has 0 aromatic heterocycles. The second-order valence-electron chi connectivity index (χ2n) is 6.07. The quantitative estimate of drug-likeness (QED) is 0.805. The van der Waals surface area contributed by atoms with Gasteiger partial charge < -0.3 is 14.7 Å². The van der Waals surface area contributed by atoms with E-state index in [2.05, 4.69) is 0 Å². The Bertz CT molecular complexity index is 758. The average Bonchev–Trinajstić information content (AvgIpc) is 2.88. The molecular formula is C16H21NO6S. The maximum Gasteiger partial charge on any atom is 0.342 e. The molecule has 1 aromatic carbocycles. The third-order valence-electron chi connectivity index (χ3n) is 4.11. The molecule has 0 radical (unpaired) electrons. The zero-order valence-corrected chi connectivity index (χ0v) is 14.7. The highest BCUT2D eigenvalue weighted by molar-refractivity contribution is 7.91. The number of carbonyl (C=O) groups is 2. The van der Waals surface area contributed by atoms with Gasteiger partial charge in [0.1, 0.15) is 11.3 Å². The van der Waals surface area contributed by atoms with Crippen LogP contribution in [-0.4, -0.2) is 61.0 Å². The summed E-state index contributed by atoms with van der Waals surface area (Å²) in [5, 5.41) is 9.73. The van der Waals surface area contributed by atoms with Crippen molar-refractivity contribution in [2.24, 2.45) is 0 Å². The molecule has 1 saturated heterocycles. The number of amides is 1. The number of hydrogen-bond acceptors (Lipinski definition) is 6. The minimum absolute atomic E-state index is 0.0132. The lowest BCUT2D eigenvalue weighted by Crippen LogP contribution is -2.44. The van der Waals surface area contributed by atoms with Crippen LogP contribution < -0.4 is 0 Å². The lowest BCUT2D eigenvalue weighted by molar-refractivity contribution is -0.140. The van der Waals surface area contributed by atoms with E-state index in [0.29, 0.717) is 6.42 Å². The zero-order valence-electron chi connectivity index (χ0n) is 13.9. The lowest BCUT2D eigenvalue weighted by Gasteiger charge is -2.26. The van der Waals surface area contributed by atoms with Crippen LogP contribution in [0.25, 0.3) is 0 Å². The number of phenols is 1. The van der Waals surface area contributed by atoms with Crippen molar-refractivity contribution in [3.8, 4) is 5.75 Å². The predicted molar refractivity (Wildman–Crippen MR) is 87.6 cm³/mol. The number of rotatable bonds is 4. The summed E-state index contributed by atoms with van der Waals surface area (Å²) in [5.41, 5.74) is 0.757. The Balaban J connectivity index is 2.03. The molecule has 0 bridgehead atoms. The van der Waals surface area contributed by atoms with Crippen LogP contribution in [-0.2, 0) is 19.4 Å². The van der Waals surface area contributed by atoms with Crippen LogP contribution in [0.5, 0.6) is 5.75 Å². The first-order chi connectivity index (χ1) is 11.1. The maximum absolute atomic E-state index is 12.4. The number of hydrogen-bond donors (Lipinski definition) is 1. The molecule has 0 aliphatic carbocycles. The zero-order chi connectivity index (χ0) is 18.1. The van der Waals surface area contributed by atoms with Crippen LogP contribution >= 0.6 is 0 Å². The Morgan fingerprint density at radius 3 is 2.62 bits per heavy atom. The summed E-state index contributed by atoms with van der Waals surface area (Å²) in [6.45, 7) is 3.19. The Hall–Kier alpha value is -2.09. The Labute approximate surface area is 141 Å². The van der Waals surface area contributed by atoms with Crippen molar-refractivity contribution >= 4 is 21.7 Å². The van der Waals surface area contributed by atoms with E-state index >= 15 is 0 Å². The van der Waals surface area contributed by atoms with E-state index < -0.39 is 33.9 Å². The van der Waals surface area contributed by atoms with Crippen molar-refractivity contribution in [3.05, 3.63) is 29.3 Å². The summed E-state index contributed by atoms with van der Waals surface area (Å²) >= 11 is 0. The average molecular weight is 355 g/mol. The van der Waals surface area contributed by atoms with Crippen LogP contribution in [0.3, 0.4) is 0 Å². The molecule has 24 heavy (non-hydrogen) atoms. The number of likely N-dealkylation sites (N-methyl/N-ethyl adjacent to an activating group) is 1. The van der Waals surface area contributed by atoms with Crippen LogP contribution in [0.4, 0.5) is 0 Å². The number of carbonyl (C=O) groups excluding carboxylic acids is 2. The van der Waals surface area contributed by atoms with E-state index in [1.807, 2.05) is 0 Å². The highest BCUT2D eigenvalue weighted by atomic mass is 32.2. The lowest BCUT2D eigenvalue weighted by atomic mass is 10.1. The third kappa shape index (κ3) is 4.05. The molecule has 8 heteroatoms. The number of phenolic OH excluding ortho intramolecular Hbond substituents is 1. The van der Waals surface area contributed by atoms with Gasteiger partial charge in [-0.3, -0.25) is 4.79 Å². The standard InChI is InChI=1S/C16H21NO6S/c1-10-4-5-14(18)13(8-10)16(20)23-11(2)15(19)17(3)12-6-7-24(21,22)9-12/h4-5,8,11-12,18H,6-7,9H2,1-3H3/t11-,12+/m1/s1. The van der Waals surface area contributed by atoms with Gasteiger partial charge in [-0.15, -0.1) is 0 Å². The van der Waals surface area contributed by atoms with Crippen LogP contribution in [0.1, 0.15) is 29.3 Å². The fraction of sp³-hybridized carbons (Fsp3) is 0.500. The number of aromatic hydroxyl groups is 1. The summed E-state index contributed by atoms with van der Waals surface area (Å²) in [6.07, 6.45) is -0.699. The van der Waals surface area contributed by atoms with Gasteiger partial charge in [0.2, 0.25) is 0 Å². The van der Waals surface area contributed by atoms with Crippen LogP contribution in [0, 0.1) is 6.92 Å². The second kappa shape index (κ2) is 6.80. The molecule has 1 aliphatic rings. The first-order valence-electron chi connectivity index (χ1n) is 7.58. The molecule has 0 saturated carbocycles. The summed E-state index contributed by atoms with van der Waals surface area (Å²) in [4.78, 5) is 25.8. The third-order valence-corrected chi connectivity index (χ3v) is 5.86. The maximum atomic E-state index is 12.4. The van der Waals surface area contributed by atoms with Gasteiger partial charge in [0.15, 0.2) is 15.9 Å². The number of esters is 1. The van der Waals surface area contributed by atoms with Gasteiger partial charge in [-0.25, -0.2) is 13.2 Å². The van der Waals surface area contributed by atoms with Crippen molar-refractivity contribution in [2.45, 2.75) is 32.4 Å². The Kier molecular flexibility index (Phi) is 5.17. The molecule has 1 aromatic rings. The Morgan fingerprint density at radius 1 is 1.38 bits per heavy atom. The van der Waals surface area contributed by atoms with Gasteiger partial charge in [0.25, 0.3) is 5.91 Å². The number of ether oxygens (including phenoxy) is 1. The van der Waals surface area contributed by atoms with Gasteiger partial charge in [-0.1, -0.05) is 11.6 Å². The molecule has 7 nitrogen and oxygen atoms in total. The largest absolute Gasteiger partial charge is 0.507 e. The van der Waals surface area contributed by atoms with Crippen LogP contribution in [0.2, 0.25) is 0 Å². The number of aryl methyl sites for hydroxylation is 1. The fourth-order valence-electron chi connectivity index (χ4n) is 2.64. The van der Waals surface area contributed by atoms with Crippen molar-refractivity contribution in [1.29, 1.82) is 0 Å². The van der Waals surface area contributed by atoms with E-state index in [4.69, 9.17) is 4.74 Å². The van der Waals surface area contributed by atoms with E-state index in [1.54, 1.807) is 13.0 Å². The smallest absolute Gasteiger partial charge is 0.342 e. The van der Waals surface area contributed by atoms with Gasteiger partial charge in [-0.05, 0) is 32.4 Å². The molecule has 1 N–H and O–H groups in total. The summed E-state index contributed by atoms with van der Waals surface area (Å²) in [5.74, 6) is -1.52. The molecule has 1 fully saturated rings. The first kappa shape index (κ1) is 18.3. The van der Waals surface area contributed by atoms with Crippen molar-refractivity contribution < 1.29 is 27.9 Å². The normalized spacial score (nSPS) is 20.4. The number of nitrogens with zero attached hydrogens (tertiary/aromatic N) is 1. The summed E-state index contributed by atoms with van der Waals surface area (Å²) in [7, 11) is -1.61. The van der Waals surface area contributed by atoms with Gasteiger partial charge >= 0.3 is 5.97 Å². The van der Waals surface area contributed by atoms with Gasteiger partial charge in [0, 0.05) is 13.1 Å². The molecule has 1 amide bonds. The minimum atomic E-state index is -3.11. The minimum Gasteiger partial charge on any atom is -0.507 e. The van der Waals surface area contributed by atoms with Crippen molar-refractivity contribution in [2.75, 3.05) is 18.6 Å². The molecule has 1 aliphatic heterocycles.